The predicted molar refractivity (Wildman–Crippen MR) is 93.9 cm³/mol. The highest BCUT2D eigenvalue weighted by atomic mass is 32.2. The van der Waals surface area contributed by atoms with Crippen LogP contribution in [-0.4, -0.2) is 71.7 Å². The van der Waals surface area contributed by atoms with Gasteiger partial charge in [0.2, 0.25) is 10.0 Å². The van der Waals surface area contributed by atoms with E-state index in [1.165, 1.54) is 4.31 Å². The molecule has 2 rings (SSSR count). The molecule has 1 aromatic rings. The zero-order chi connectivity index (χ0) is 18.9. The average Bonchev–Trinajstić information content (AvgIpc) is 2.77. The third-order valence-corrected chi connectivity index (χ3v) is 7.21. The fourth-order valence-electron chi connectivity index (χ4n) is 3.73. The number of carbonyl (C=O) groups is 1. The van der Waals surface area contributed by atoms with E-state index in [2.05, 4.69) is 10.00 Å². The summed E-state index contributed by atoms with van der Waals surface area (Å²) in [5, 5.41) is 13.2. The van der Waals surface area contributed by atoms with Gasteiger partial charge in [-0.1, -0.05) is 0 Å². The molecule has 8 nitrogen and oxygen atoms in total. The lowest BCUT2D eigenvalue weighted by Gasteiger charge is -2.41. The second-order valence-corrected chi connectivity index (χ2v) is 8.87. The van der Waals surface area contributed by atoms with Gasteiger partial charge in [-0.3, -0.25) is 9.48 Å². The normalized spacial score (nSPS) is 22.5. The van der Waals surface area contributed by atoms with Crippen molar-refractivity contribution in [2.24, 2.45) is 13.0 Å². The maximum Gasteiger partial charge on any atom is 0.303 e. The molecule has 1 aliphatic rings. The van der Waals surface area contributed by atoms with Crippen LogP contribution in [0.5, 0.6) is 0 Å². The molecular formula is C16H28N4O4S. The number of aromatic nitrogens is 2. The van der Waals surface area contributed by atoms with Crippen LogP contribution >= 0.6 is 0 Å². The van der Waals surface area contributed by atoms with Crippen LogP contribution in [0.1, 0.15) is 30.7 Å². The fraction of sp³-hybridized carbons (Fsp3) is 0.750. The Bertz CT molecular complexity index is 742. The topological polar surface area (TPSA) is 95.7 Å². The minimum atomic E-state index is -3.64. The van der Waals surface area contributed by atoms with Crippen LogP contribution in [0.25, 0.3) is 0 Å². The van der Waals surface area contributed by atoms with Gasteiger partial charge >= 0.3 is 5.97 Å². The molecule has 0 bridgehead atoms. The van der Waals surface area contributed by atoms with Crippen molar-refractivity contribution in [1.82, 2.24) is 19.0 Å². The number of aryl methyl sites for hydroxylation is 2. The second-order valence-electron chi connectivity index (χ2n) is 7.00. The minimum absolute atomic E-state index is 0.00749. The van der Waals surface area contributed by atoms with Crippen molar-refractivity contribution in [1.29, 1.82) is 0 Å². The molecule has 1 saturated heterocycles. The molecule has 0 aliphatic carbocycles. The molecule has 1 aromatic heterocycles. The predicted octanol–water partition coefficient (Wildman–Crippen LogP) is 0.843. The molecule has 2 atom stereocenters. The molecule has 0 amide bonds. The molecule has 0 saturated carbocycles. The van der Waals surface area contributed by atoms with Crippen LogP contribution in [0.4, 0.5) is 0 Å². The summed E-state index contributed by atoms with van der Waals surface area (Å²) in [4.78, 5) is 13.3. The van der Waals surface area contributed by atoms with Crippen molar-refractivity contribution in [3.63, 3.8) is 0 Å². The number of carboxylic acid groups (broad SMARTS) is 1. The van der Waals surface area contributed by atoms with Crippen molar-refractivity contribution < 1.29 is 18.3 Å². The number of rotatable bonds is 6. The van der Waals surface area contributed by atoms with E-state index in [4.69, 9.17) is 5.11 Å². The summed E-state index contributed by atoms with van der Waals surface area (Å²) < 4.78 is 29.4. The summed E-state index contributed by atoms with van der Waals surface area (Å²) in [5.41, 5.74) is 1.12. The Balaban J connectivity index is 2.28. The zero-order valence-corrected chi connectivity index (χ0v) is 16.4. The van der Waals surface area contributed by atoms with Gasteiger partial charge in [-0.05, 0) is 46.7 Å². The van der Waals surface area contributed by atoms with Crippen LogP contribution in [0.3, 0.4) is 0 Å². The van der Waals surface area contributed by atoms with Gasteiger partial charge in [0.05, 0.1) is 11.4 Å². The Kier molecular flexibility index (Phi) is 5.90. The maximum absolute atomic E-state index is 13.1. The van der Waals surface area contributed by atoms with Crippen LogP contribution in [0, 0.1) is 19.8 Å². The molecule has 9 heteroatoms. The van der Waals surface area contributed by atoms with Crippen LogP contribution in [0.2, 0.25) is 0 Å². The van der Waals surface area contributed by atoms with Crippen molar-refractivity contribution in [2.75, 3.05) is 27.2 Å². The highest BCUT2D eigenvalue weighted by molar-refractivity contribution is 7.89. The van der Waals surface area contributed by atoms with Crippen molar-refractivity contribution in [3.05, 3.63) is 11.4 Å². The first-order chi connectivity index (χ1) is 11.6. The number of nitrogens with zero attached hydrogens (tertiary/aromatic N) is 4. The summed E-state index contributed by atoms with van der Waals surface area (Å²) in [7, 11) is 2.01. The van der Waals surface area contributed by atoms with E-state index in [0.717, 1.165) is 0 Å². The van der Waals surface area contributed by atoms with Gasteiger partial charge in [-0.15, -0.1) is 0 Å². The molecule has 25 heavy (non-hydrogen) atoms. The van der Waals surface area contributed by atoms with E-state index in [9.17, 15) is 13.2 Å². The van der Waals surface area contributed by atoms with Crippen molar-refractivity contribution in [3.8, 4) is 0 Å². The van der Waals surface area contributed by atoms with Crippen LogP contribution in [0.15, 0.2) is 4.90 Å². The lowest BCUT2D eigenvalue weighted by atomic mass is 9.88. The quantitative estimate of drug-likeness (QED) is 0.795. The van der Waals surface area contributed by atoms with Crippen LogP contribution < -0.4 is 0 Å². The molecule has 1 aliphatic heterocycles. The molecule has 1 N–H and O–H groups in total. The smallest absolute Gasteiger partial charge is 0.303 e. The van der Waals surface area contributed by atoms with Crippen molar-refractivity contribution in [2.45, 2.75) is 44.0 Å². The zero-order valence-electron chi connectivity index (χ0n) is 15.6. The summed E-state index contributed by atoms with van der Waals surface area (Å²) in [6, 6.07) is 0.182. The summed E-state index contributed by atoms with van der Waals surface area (Å²) >= 11 is 0. The number of piperidine rings is 1. The number of sulfonamides is 1. The van der Waals surface area contributed by atoms with E-state index < -0.39 is 16.0 Å². The number of carboxylic acids is 1. The summed E-state index contributed by atoms with van der Waals surface area (Å²) in [6.07, 6.45) is 1.21. The third-order valence-electron chi connectivity index (χ3n) is 5.09. The Morgan fingerprint density at radius 1 is 1.36 bits per heavy atom. The first-order valence-corrected chi connectivity index (χ1v) is 9.88. The Morgan fingerprint density at radius 2 is 2.00 bits per heavy atom. The van der Waals surface area contributed by atoms with Gasteiger partial charge in [0.25, 0.3) is 0 Å². The molecule has 0 unspecified atom stereocenters. The average molecular weight is 372 g/mol. The second kappa shape index (κ2) is 7.43. The van der Waals surface area contributed by atoms with E-state index in [-0.39, 0.29) is 23.3 Å². The highest BCUT2D eigenvalue weighted by Gasteiger charge is 2.38. The number of aliphatic carboxylic acids is 1. The summed E-state index contributed by atoms with van der Waals surface area (Å²) in [5.74, 6) is -0.858. The lowest BCUT2D eigenvalue weighted by Crippen LogP contribution is -2.50. The molecule has 0 radical (unpaired) electrons. The molecule has 142 valence electrons. The van der Waals surface area contributed by atoms with Gasteiger partial charge in [0, 0.05) is 32.6 Å². The van der Waals surface area contributed by atoms with E-state index >= 15 is 0 Å². The fourth-order valence-corrected chi connectivity index (χ4v) is 5.65. The Hall–Kier alpha value is -1.45. The Labute approximate surface area is 149 Å². The first kappa shape index (κ1) is 19.9. The molecule has 1 fully saturated rings. The summed E-state index contributed by atoms with van der Waals surface area (Å²) in [6.45, 7) is 4.23. The SMILES string of the molecule is Cc1nn(C)c(C)c1S(=O)(=O)N1CC[C@H](N(C)C)[C@H](CCC(=O)O)C1. The van der Waals surface area contributed by atoms with Gasteiger partial charge in [-0.25, -0.2) is 8.42 Å². The highest BCUT2D eigenvalue weighted by Crippen LogP contribution is 2.30. The van der Waals surface area contributed by atoms with E-state index in [1.807, 2.05) is 14.1 Å². The Morgan fingerprint density at radius 3 is 2.48 bits per heavy atom. The lowest BCUT2D eigenvalue weighted by molar-refractivity contribution is -0.137. The minimum Gasteiger partial charge on any atom is -0.481 e. The van der Waals surface area contributed by atoms with Crippen LogP contribution in [-0.2, 0) is 21.9 Å². The number of hydrogen-bond donors (Lipinski definition) is 1. The van der Waals surface area contributed by atoms with Gasteiger partial charge in [0.15, 0.2) is 0 Å². The van der Waals surface area contributed by atoms with E-state index in [0.29, 0.717) is 37.3 Å². The van der Waals surface area contributed by atoms with Gasteiger partial charge in [-0.2, -0.15) is 9.40 Å². The largest absolute Gasteiger partial charge is 0.481 e. The standard InChI is InChI=1S/C16H28N4O4S/c1-11-16(12(2)19(5)17-11)25(23,24)20-9-8-14(18(3)4)13(10-20)6-7-15(21)22/h13-14H,6-10H2,1-5H3,(H,21,22)/t13-,14+/m1/s1. The first-order valence-electron chi connectivity index (χ1n) is 8.44. The number of hydrogen-bond acceptors (Lipinski definition) is 5. The maximum atomic E-state index is 13.1. The van der Waals surface area contributed by atoms with Gasteiger partial charge in [0.1, 0.15) is 4.90 Å². The molecule has 2 heterocycles. The van der Waals surface area contributed by atoms with Gasteiger partial charge < -0.3 is 10.0 Å². The monoisotopic (exact) mass is 372 g/mol. The van der Waals surface area contributed by atoms with Crippen molar-refractivity contribution >= 4 is 16.0 Å². The molecular weight excluding hydrogens is 344 g/mol. The third kappa shape index (κ3) is 4.04. The molecule has 0 aromatic carbocycles. The molecule has 0 spiro atoms. The van der Waals surface area contributed by atoms with E-state index in [1.54, 1.807) is 25.6 Å².